The normalized spacial score (nSPS) is 21.7. The molecule has 1 fully saturated rings. The average Bonchev–Trinajstić information content (AvgIpc) is 2.78. The van der Waals surface area contributed by atoms with Crippen LogP contribution in [0.15, 0.2) is 36.4 Å². The third-order valence-electron chi connectivity index (χ3n) is 5.90. The fraction of sp³-hybridized carbons (Fsp3) is 0.458. The Kier molecular flexibility index (Phi) is 7.20. The van der Waals surface area contributed by atoms with Crippen LogP contribution in [0.1, 0.15) is 18.9 Å². The van der Waals surface area contributed by atoms with Gasteiger partial charge in [-0.05, 0) is 41.8 Å². The first-order valence-corrected chi connectivity index (χ1v) is 10.6. The SMILES string of the molecule is CCCN1CC[N+](C)([O-])C(=O)C1Cc1ccc(-c2cc(OC)c(OC)c(OC)c2)cc1. The predicted molar refractivity (Wildman–Crippen MR) is 120 cm³/mol. The van der Waals surface area contributed by atoms with Gasteiger partial charge in [0.05, 0.1) is 34.9 Å². The van der Waals surface area contributed by atoms with E-state index >= 15 is 0 Å². The van der Waals surface area contributed by atoms with E-state index in [9.17, 15) is 10.0 Å². The quantitative estimate of drug-likeness (QED) is 0.474. The highest BCUT2D eigenvalue weighted by molar-refractivity contribution is 5.77. The van der Waals surface area contributed by atoms with Gasteiger partial charge in [-0.25, -0.2) is 4.79 Å². The van der Waals surface area contributed by atoms with Gasteiger partial charge in [-0.3, -0.25) is 9.55 Å². The lowest BCUT2D eigenvalue weighted by atomic mass is 9.97. The first-order valence-electron chi connectivity index (χ1n) is 10.6. The minimum absolute atomic E-state index is 0.256. The average molecular weight is 429 g/mol. The van der Waals surface area contributed by atoms with E-state index in [4.69, 9.17) is 14.2 Å². The van der Waals surface area contributed by atoms with Crippen molar-refractivity contribution in [3.63, 3.8) is 0 Å². The Hall–Kier alpha value is -2.61. The van der Waals surface area contributed by atoms with Crippen LogP contribution >= 0.6 is 0 Å². The second-order valence-corrected chi connectivity index (χ2v) is 8.03. The lowest BCUT2D eigenvalue weighted by Crippen LogP contribution is -2.63. The van der Waals surface area contributed by atoms with E-state index in [-0.39, 0.29) is 11.9 Å². The predicted octanol–water partition coefficient (Wildman–Crippen LogP) is 3.49. The van der Waals surface area contributed by atoms with Gasteiger partial charge in [-0.15, -0.1) is 0 Å². The summed E-state index contributed by atoms with van der Waals surface area (Å²) in [6.07, 6.45) is 1.48. The molecule has 1 aliphatic heterocycles. The Bertz CT molecular complexity index is 886. The minimum atomic E-state index is -0.797. The van der Waals surface area contributed by atoms with Gasteiger partial charge in [-0.2, -0.15) is 0 Å². The Morgan fingerprint density at radius 1 is 1.03 bits per heavy atom. The summed E-state index contributed by atoms with van der Waals surface area (Å²) in [5, 5.41) is 12.5. The van der Waals surface area contributed by atoms with E-state index in [1.165, 1.54) is 7.05 Å². The fourth-order valence-electron chi connectivity index (χ4n) is 4.13. The molecule has 1 heterocycles. The molecular formula is C24H32N2O5. The van der Waals surface area contributed by atoms with E-state index in [0.29, 0.717) is 36.8 Å². The lowest BCUT2D eigenvalue weighted by Gasteiger charge is -2.46. The van der Waals surface area contributed by atoms with Crippen LogP contribution < -0.4 is 14.2 Å². The summed E-state index contributed by atoms with van der Waals surface area (Å²) in [4.78, 5) is 15.0. The van der Waals surface area contributed by atoms with E-state index in [1.54, 1.807) is 21.3 Å². The standard InChI is InChI=1S/C24H32N2O5/c1-6-11-25-12-13-26(2,28)24(27)20(25)14-17-7-9-18(10-8-17)19-15-21(29-3)23(31-5)22(16-19)30-4/h7-10,15-16,20H,6,11-14H2,1-5H3. The monoisotopic (exact) mass is 428 g/mol. The Morgan fingerprint density at radius 3 is 2.16 bits per heavy atom. The van der Waals surface area contributed by atoms with Crippen LogP contribution in [0.4, 0.5) is 0 Å². The van der Waals surface area contributed by atoms with Crippen LogP contribution in [0.2, 0.25) is 0 Å². The van der Waals surface area contributed by atoms with Crippen molar-refractivity contribution >= 4 is 5.91 Å². The van der Waals surface area contributed by atoms with Crippen LogP contribution in [0.3, 0.4) is 0 Å². The van der Waals surface area contributed by atoms with Gasteiger partial charge in [0.2, 0.25) is 5.75 Å². The van der Waals surface area contributed by atoms with Crippen molar-refractivity contribution in [3.05, 3.63) is 47.2 Å². The number of carbonyl (C=O) groups excluding carboxylic acids is 1. The molecule has 0 aliphatic carbocycles. The maximum absolute atomic E-state index is 12.8. The minimum Gasteiger partial charge on any atom is -0.625 e. The van der Waals surface area contributed by atoms with Gasteiger partial charge in [-0.1, -0.05) is 31.2 Å². The van der Waals surface area contributed by atoms with Crippen molar-refractivity contribution in [1.82, 2.24) is 4.90 Å². The highest BCUT2D eigenvalue weighted by Crippen LogP contribution is 2.41. The lowest BCUT2D eigenvalue weighted by molar-refractivity contribution is -0.788. The highest BCUT2D eigenvalue weighted by Gasteiger charge is 2.40. The number of carbonyl (C=O) groups is 1. The smallest absolute Gasteiger partial charge is 0.331 e. The number of hydroxylamine groups is 3. The molecule has 2 unspecified atom stereocenters. The summed E-state index contributed by atoms with van der Waals surface area (Å²) in [7, 11) is 6.23. The molecule has 1 saturated heterocycles. The number of nitrogens with zero attached hydrogens (tertiary/aromatic N) is 2. The van der Waals surface area contributed by atoms with Crippen molar-refractivity contribution in [1.29, 1.82) is 0 Å². The van der Waals surface area contributed by atoms with E-state index in [2.05, 4.69) is 11.8 Å². The molecular weight excluding hydrogens is 396 g/mol. The number of ether oxygens (including phenoxy) is 3. The zero-order valence-electron chi connectivity index (χ0n) is 19.0. The van der Waals surface area contributed by atoms with E-state index < -0.39 is 4.65 Å². The number of hydrogen-bond acceptors (Lipinski definition) is 6. The van der Waals surface area contributed by atoms with Crippen molar-refractivity contribution in [2.24, 2.45) is 0 Å². The highest BCUT2D eigenvalue weighted by atomic mass is 16.6. The van der Waals surface area contributed by atoms with Gasteiger partial charge in [0, 0.05) is 13.0 Å². The molecule has 168 valence electrons. The maximum Gasteiger partial charge on any atom is 0.331 e. The van der Waals surface area contributed by atoms with Crippen molar-refractivity contribution < 1.29 is 23.7 Å². The molecule has 0 N–H and O–H groups in total. The number of quaternary nitrogens is 1. The molecule has 3 rings (SSSR count). The topological polar surface area (TPSA) is 71.1 Å². The van der Waals surface area contributed by atoms with Gasteiger partial charge in [0.15, 0.2) is 11.5 Å². The van der Waals surface area contributed by atoms with Gasteiger partial charge < -0.3 is 19.4 Å². The summed E-state index contributed by atoms with van der Waals surface area (Å²) in [5.74, 6) is 1.48. The molecule has 1 amide bonds. The molecule has 7 nitrogen and oxygen atoms in total. The zero-order chi connectivity index (χ0) is 22.6. The van der Waals surface area contributed by atoms with Gasteiger partial charge >= 0.3 is 5.91 Å². The molecule has 1 aliphatic rings. The fourth-order valence-corrected chi connectivity index (χ4v) is 4.13. The number of piperazine rings is 1. The summed E-state index contributed by atoms with van der Waals surface area (Å²) in [6, 6.07) is 11.5. The number of rotatable bonds is 8. The van der Waals surface area contributed by atoms with Crippen LogP contribution in [0, 0.1) is 5.21 Å². The first-order chi connectivity index (χ1) is 14.8. The summed E-state index contributed by atoms with van der Waals surface area (Å²) < 4.78 is 15.5. The number of amides is 1. The van der Waals surface area contributed by atoms with Gasteiger partial charge in [0.25, 0.3) is 0 Å². The van der Waals surface area contributed by atoms with Crippen molar-refractivity contribution in [2.75, 3.05) is 48.0 Å². The summed E-state index contributed by atoms with van der Waals surface area (Å²) in [6.45, 7) is 3.87. The zero-order valence-corrected chi connectivity index (χ0v) is 19.0. The second-order valence-electron chi connectivity index (χ2n) is 8.03. The van der Waals surface area contributed by atoms with E-state index in [1.807, 2.05) is 36.4 Å². The molecule has 7 heteroatoms. The summed E-state index contributed by atoms with van der Waals surface area (Å²) >= 11 is 0. The van der Waals surface area contributed by atoms with Gasteiger partial charge in [0.1, 0.15) is 6.04 Å². The molecule has 31 heavy (non-hydrogen) atoms. The van der Waals surface area contributed by atoms with Crippen molar-refractivity contribution in [2.45, 2.75) is 25.8 Å². The molecule has 0 spiro atoms. The number of likely N-dealkylation sites (N-methyl/N-ethyl adjacent to an activating group) is 1. The molecule has 0 saturated carbocycles. The Labute approximate surface area is 184 Å². The Morgan fingerprint density at radius 2 is 1.65 bits per heavy atom. The van der Waals surface area contributed by atoms with Crippen LogP contribution in [-0.2, 0) is 11.2 Å². The Balaban J connectivity index is 1.85. The first kappa shape index (κ1) is 23.1. The molecule has 0 radical (unpaired) electrons. The van der Waals surface area contributed by atoms with Crippen LogP contribution in [0.25, 0.3) is 11.1 Å². The van der Waals surface area contributed by atoms with Crippen molar-refractivity contribution in [3.8, 4) is 28.4 Å². The molecule has 0 bridgehead atoms. The molecule has 2 aromatic rings. The van der Waals surface area contributed by atoms with Crippen LogP contribution in [-0.4, -0.2) is 69.5 Å². The maximum atomic E-state index is 12.8. The van der Waals surface area contributed by atoms with E-state index in [0.717, 1.165) is 29.7 Å². The van der Waals surface area contributed by atoms with Crippen LogP contribution in [0.5, 0.6) is 17.2 Å². The summed E-state index contributed by atoms with van der Waals surface area (Å²) in [5.41, 5.74) is 2.96. The largest absolute Gasteiger partial charge is 0.625 e. The second kappa shape index (κ2) is 9.68. The molecule has 0 aromatic heterocycles. The number of benzene rings is 2. The molecule has 2 atom stereocenters. The molecule has 2 aromatic carbocycles. The third-order valence-corrected chi connectivity index (χ3v) is 5.90. The third kappa shape index (κ3) is 4.84. The number of methoxy groups -OCH3 is 3. The number of hydrogen-bond donors (Lipinski definition) is 0.